The van der Waals surface area contributed by atoms with E-state index < -0.39 is 0 Å². The Balaban J connectivity index is 2.11. The zero-order valence-electron chi connectivity index (χ0n) is 16.6. The van der Waals surface area contributed by atoms with Crippen LogP contribution in [0.25, 0.3) is 5.57 Å². The van der Waals surface area contributed by atoms with Crippen LogP contribution in [0, 0.1) is 0 Å². The Morgan fingerprint density at radius 1 is 1.07 bits per heavy atom. The van der Waals surface area contributed by atoms with Gasteiger partial charge in [-0.3, -0.25) is 4.79 Å². The molecule has 3 heteroatoms. The van der Waals surface area contributed by atoms with Gasteiger partial charge in [0.25, 0.3) is 0 Å². The second-order valence-corrected chi connectivity index (χ2v) is 7.59. The van der Waals surface area contributed by atoms with Gasteiger partial charge in [0.15, 0.2) is 5.78 Å². The van der Waals surface area contributed by atoms with Crippen LogP contribution in [0.2, 0.25) is 0 Å². The molecule has 28 heavy (non-hydrogen) atoms. The first-order valence-corrected chi connectivity index (χ1v) is 10.3. The maximum Gasteiger partial charge on any atom is 0.178 e. The van der Waals surface area contributed by atoms with Crippen molar-refractivity contribution in [1.29, 1.82) is 0 Å². The first-order chi connectivity index (χ1) is 13.6. The summed E-state index contributed by atoms with van der Waals surface area (Å²) < 4.78 is 5.32. The van der Waals surface area contributed by atoms with Gasteiger partial charge in [-0.2, -0.15) is 0 Å². The highest BCUT2D eigenvalue weighted by atomic mass is 35.5. The number of allylic oxidation sites excluding steroid dienone is 4. The molecule has 1 unspecified atom stereocenters. The number of ether oxygens (including phenoxy) is 1. The van der Waals surface area contributed by atoms with Crippen molar-refractivity contribution < 1.29 is 9.53 Å². The summed E-state index contributed by atoms with van der Waals surface area (Å²) in [6, 6.07) is 18.2. The Bertz CT molecular complexity index is 863. The number of benzene rings is 2. The Morgan fingerprint density at radius 3 is 2.43 bits per heavy atom. The molecule has 2 aromatic carbocycles. The summed E-state index contributed by atoms with van der Waals surface area (Å²) in [6.45, 7) is 2.20. The minimum Gasteiger partial charge on any atom is -0.497 e. The quantitative estimate of drug-likeness (QED) is 0.497. The molecule has 1 aliphatic carbocycles. The fourth-order valence-electron chi connectivity index (χ4n) is 3.75. The molecule has 0 saturated carbocycles. The molecule has 146 valence electrons. The van der Waals surface area contributed by atoms with Crippen LogP contribution in [0.5, 0.6) is 5.75 Å². The maximum atomic E-state index is 12.8. The maximum absolute atomic E-state index is 12.8. The van der Waals surface area contributed by atoms with E-state index in [1.807, 2.05) is 42.5 Å². The van der Waals surface area contributed by atoms with Crippen LogP contribution < -0.4 is 4.74 Å². The van der Waals surface area contributed by atoms with Crippen LogP contribution in [-0.2, 0) is 4.79 Å². The van der Waals surface area contributed by atoms with Crippen molar-refractivity contribution in [1.82, 2.24) is 0 Å². The van der Waals surface area contributed by atoms with Gasteiger partial charge in [-0.05, 0) is 48.1 Å². The van der Waals surface area contributed by atoms with Gasteiger partial charge in [-0.15, -0.1) is 0 Å². The second kappa shape index (κ2) is 9.75. The van der Waals surface area contributed by atoms with Crippen LogP contribution in [0.15, 0.2) is 71.3 Å². The lowest BCUT2D eigenvalue weighted by molar-refractivity contribution is -0.114. The van der Waals surface area contributed by atoms with Crippen molar-refractivity contribution in [2.75, 3.05) is 7.11 Å². The topological polar surface area (TPSA) is 26.3 Å². The van der Waals surface area contributed by atoms with E-state index in [0.717, 1.165) is 48.1 Å². The number of halogens is 1. The molecule has 0 radical (unpaired) electrons. The lowest BCUT2D eigenvalue weighted by Crippen LogP contribution is -2.12. The molecule has 0 aromatic heterocycles. The Labute approximate surface area is 172 Å². The number of hydrogen-bond acceptors (Lipinski definition) is 2. The molecule has 0 heterocycles. The van der Waals surface area contributed by atoms with Crippen molar-refractivity contribution in [3.05, 3.63) is 82.4 Å². The standard InChI is InChI=1S/C25H27ClO2/c1-3-4-8-18-11-16-23(27)25(26)24(20-9-6-5-7-10-20)22(17-18)19-12-14-21(28-2)15-13-19/h5-7,9-15,22H,3-4,8,16-17H2,1-2H3/b18-11-,25-24+. The van der Waals surface area contributed by atoms with Crippen LogP contribution in [0.3, 0.4) is 0 Å². The van der Waals surface area contributed by atoms with Gasteiger partial charge >= 0.3 is 0 Å². The van der Waals surface area contributed by atoms with Crippen molar-refractivity contribution in [3.63, 3.8) is 0 Å². The molecular weight excluding hydrogens is 368 g/mol. The summed E-state index contributed by atoms with van der Waals surface area (Å²) >= 11 is 6.68. The molecule has 2 aromatic rings. The van der Waals surface area contributed by atoms with Gasteiger partial charge in [0, 0.05) is 12.3 Å². The Kier molecular flexibility index (Phi) is 7.11. The number of ketones is 1. The summed E-state index contributed by atoms with van der Waals surface area (Å²) in [4.78, 5) is 12.8. The molecule has 2 nitrogen and oxygen atoms in total. The van der Waals surface area contributed by atoms with E-state index in [9.17, 15) is 4.79 Å². The van der Waals surface area contributed by atoms with Gasteiger partial charge in [0.2, 0.25) is 0 Å². The van der Waals surface area contributed by atoms with Crippen LogP contribution >= 0.6 is 11.6 Å². The van der Waals surface area contributed by atoms with Crippen LogP contribution in [-0.4, -0.2) is 12.9 Å². The largest absolute Gasteiger partial charge is 0.497 e. The first kappa shape index (κ1) is 20.4. The Hall–Kier alpha value is -2.32. The monoisotopic (exact) mass is 394 g/mol. The molecule has 1 aliphatic rings. The van der Waals surface area contributed by atoms with Crippen molar-refractivity contribution >= 4 is 23.0 Å². The molecule has 0 fully saturated rings. The molecule has 1 atom stereocenters. The third-order valence-electron chi connectivity index (χ3n) is 5.33. The number of methoxy groups -OCH3 is 1. The lowest BCUT2D eigenvalue weighted by Gasteiger charge is -2.26. The zero-order chi connectivity index (χ0) is 19.9. The molecule has 0 amide bonds. The number of rotatable bonds is 6. The van der Waals surface area contributed by atoms with E-state index in [2.05, 4.69) is 25.1 Å². The fourth-order valence-corrected chi connectivity index (χ4v) is 4.07. The third-order valence-corrected chi connectivity index (χ3v) is 5.74. The summed E-state index contributed by atoms with van der Waals surface area (Å²) in [6.07, 6.45) is 6.65. The highest BCUT2D eigenvalue weighted by Gasteiger charge is 2.27. The van der Waals surface area contributed by atoms with Crippen molar-refractivity contribution in [2.45, 2.75) is 44.9 Å². The third kappa shape index (κ3) is 4.74. The summed E-state index contributed by atoms with van der Waals surface area (Å²) in [5, 5.41) is 0.359. The molecular formula is C25H27ClO2. The Morgan fingerprint density at radius 2 is 1.79 bits per heavy atom. The molecule has 0 N–H and O–H groups in total. The van der Waals surface area contributed by atoms with Gasteiger partial charge in [0.1, 0.15) is 5.75 Å². The van der Waals surface area contributed by atoms with Gasteiger partial charge in [-0.25, -0.2) is 0 Å². The number of Topliss-reactive ketones (excluding diaryl/α,β-unsaturated/α-hetero) is 1. The molecule has 0 bridgehead atoms. The predicted octanol–water partition coefficient (Wildman–Crippen LogP) is 6.91. The SMILES string of the molecule is CCCC/C1=C/CC(=O)/C(Cl)=C(/c2ccccc2)C(c2ccc(OC)cc2)C1. The number of carbonyl (C=O) groups is 1. The zero-order valence-corrected chi connectivity index (χ0v) is 17.3. The lowest BCUT2D eigenvalue weighted by atomic mass is 9.79. The van der Waals surface area contributed by atoms with Gasteiger partial charge in [0.05, 0.1) is 12.1 Å². The van der Waals surface area contributed by atoms with Crippen molar-refractivity contribution in [3.8, 4) is 5.75 Å². The molecule has 0 saturated heterocycles. The molecule has 0 aliphatic heterocycles. The summed E-state index contributed by atoms with van der Waals surface area (Å²) in [7, 11) is 1.67. The smallest absolute Gasteiger partial charge is 0.178 e. The minimum absolute atomic E-state index is 0.00673. The average Bonchev–Trinajstić information content (AvgIpc) is 2.74. The summed E-state index contributed by atoms with van der Waals surface area (Å²) in [5.41, 5.74) is 4.43. The van der Waals surface area contributed by atoms with E-state index in [0.29, 0.717) is 11.5 Å². The molecule has 0 spiro atoms. The van der Waals surface area contributed by atoms with E-state index in [1.165, 1.54) is 5.57 Å². The first-order valence-electron chi connectivity index (χ1n) is 9.94. The second-order valence-electron chi connectivity index (χ2n) is 7.22. The normalized spacial score (nSPS) is 22.2. The predicted molar refractivity (Wildman–Crippen MR) is 117 cm³/mol. The minimum atomic E-state index is -0.00673. The summed E-state index contributed by atoms with van der Waals surface area (Å²) in [5.74, 6) is 0.852. The van der Waals surface area contributed by atoms with Crippen LogP contribution in [0.4, 0.5) is 0 Å². The van der Waals surface area contributed by atoms with E-state index >= 15 is 0 Å². The highest BCUT2D eigenvalue weighted by molar-refractivity contribution is 6.46. The van der Waals surface area contributed by atoms with Gasteiger partial charge < -0.3 is 4.74 Å². The number of unbranched alkanes of at least 4 members (excludes halogenated alkanes) is 1. The highest BCUT2D eigenvalue weighted by Crippen LogP contribution is 2.43. The number of hydrogen-bond donors (Lipinski definition) is 0. The van der Waals surface area contributed by atoms with Crippen LogP contribution in [0.1, 0.15) is 56.1 Å². The average molecular weight is 395 g/mol. The van der Waals surface area contributed by atoms with Crippen molar-refractivity contribution in [2.24, 2.45) is 0 Å². The van der Waals surface area contributed by atoms with Gasteiger partial charge in [-0.1, -0.05) is 79.1 Å². The fraction of sp³-hybridized carbons (Fsp3) is 0.320. The number of carbonyl (C=O) groups excluding carboxylic acids is 1. The van der Waals surface area contributed by atoms with E-state index in [-0.39, 0.29) is 11.7 Å². The molecule has 3 rings (SSSR count). The van der Waals surface area contributed by atoms with E-state index in [1.54, 1.807) is 7.11 Å². The van der Waals surface area contributed by atoms with E-state index in [4.69, 9.17) is 16.3 Å².